The summed E-state index contributed by atoms with van der Waals surface area (Å²) >= 11 is 1.19. The molecule has 1 unspecified atom stereocenters. The third-order valence-electron chi connectivity index (χ3n) is 1.91. The van der Waals surface area contributed by atoms with E-state index >= 15 is 0 Å². The van der Waals surface area contributed by atoms with E-state index in [1.807, 2.05) is 0 Å². The minimum atomic E-state index is -0.962. The van der Waals surface area contributed by atoms with Gasteiger partial charge in [-0.15, -0.1) is 11.3 Å². The molecule has 5 heteroatoms. The van der Waals surface area contributed by atoms with Gasteiger partial charge in [0.2, 0.25) is 0 Å². The largest absolute Gasteiger partial charge is 0.381 e. The predicted molar refractivity (Wildman–Crippen MR) is 51.5 cm³/mol. The Morgan fingerprint density at radius 2 is 2.36 bits per heavy atom. The summed E-state index contributed by atoms with van der Waals surface area (Å²) in [5, 5.41) is 15.4. The zero-order chi connectivity index (χ0) is 10.1. The highest BCUT2D eigenvalue weighted by Gasteiger charge is 2.18. The average molecular weight is 212 g/mol. The molecule has 3 nitrogen and oxygen atoms in total. The summed E-state index contributed by atoms with van der Waals surface area (Å²) in [7, 11) is 1.75. The predicted octanol–water partition coefficient (Wildman–Crippen LogP) is 1.70. The molecule has 2 aromatic heterocycles. The van der Waals surface area contributed by atoms with Crippen LogP contribution >= 0.6 is 11.3 Å². The Bertz CT molecular complexity index is 437. The third kappa shape index (κ3) is 1.56. The maximum atomic E-state index is 13.1. The highest BCUT2D eigenvalue weighted by atomic mass is 32.1. The summed E-state index contributed by atoms with van der Waals surface area (Å²) in [4.78, 5) is 0.309. The van der Waals surface area contributed by atoms with Gasteiger partial charge in [0.05, 0.1) is 10.6 Å². The molecule has 0 fully saturated rings. The van der Waals surface area contributed by atoms with Crippen molar-refractivity contribution in [3.63, 3.8) is 0 Å². The molecule has 0 amide bonds. The molecule has 1 N–H and O–H groups in total. The molecule has 0 aromatic carbocycles. The lowest BCUT2D eigenvalue weighted by Crippen LogP contribution is -2.01. The molecular weight excluding hydrogens is 203 g/mol. The number of aliphatic hydroxyl groups excluding tert-OH is 1. The van der Waals surface area contributed by atoms with Crippen LogP contribution in [0.25, 0.3) is 0 Å². The lowest BCUT2D eigenvalue weighted by molar-refractivity contribution is 0.213. The Morgan fingerprint density at radius 1 is 1.57 bits per heavy atom. The number of hydrogen-bond donors (Lipinski definition) is 1. The zero-order valence-corrected chi connectivity index (χ0v) is 8.33. The van der Waals surface area contributed by atoms with Gasteiger partial charge in [0.1, 0.15) is 11.9 Å². The molecule has 2 heterocycles. The van der Waals surface area contributed by atoms with E-state index in [9.17, 15) is 9.50 Å². The van der Waals surface area contributed by atoms with Gasteiger partial charge in [-0.3, -0.25) is 4.68 Å². The second kappa shape index (κ2) is 3.51. The summed E-state index contributed by atoms with van der Waals surface area (Å²) in [6.07, 6.45) is 0.751. The molecular formula is C9H9FN2OS. The number of nitrogens with zero attached hydrogens (tertiary/aromatic N) is 2. The first-order chi connectivity index (χ1) is 6.68. The van der Waals surface area contributed by atoms with Gasteiger partial charge in [0, 0.05) is 13.2 Å². The Labute approximate surface area is 84.4 Å². The van der Waals surface area contributed by atoms with Crippen LogP contribution in [0.4, 0.5) is 4.39 Å². The van der Waals surface area contributed by atoms with Gasteiger partial charge < -0.3 is 5.11 Å². The minimum absolute atomic E-state index is 0.309. The van der Waals surface area contributed by atoms with Crippen LogP contribution in [0.15, 0.2) is 23.7 Å². The Hall–Kier alpha value is -1.20. The molecule has 0 aliphatic carbocycles. The summed E-state index contributed by atoms with van der Waals surface area (Å²) in [5.41, 5.74) is 0.467. The number of aromatic nitrogens is 2. The van der Waals surface area contributed by atoms with E-state index in [-0.39, 0.29) is 5.82 Å². The van der Waals surface area contributed by atoms with Crippen LogP contribution in [0.2, 0.25) is 0 Å². The monoisotopic (exact) mass is 212 g/mol. The molecule has 1 atom stereocenters. The van der Waals surface area contributed by atoms with Crippen molar-refractivity contribution in [2.45, 2.75) is 6.10 Å². The first-order valence-electron chi connectivity index (χ1n) is 4.09. The topological polar surface area (TPSA) is 38.0 Å². The molecule has 0 aliphatic heterocycles. The van der Waals surface area contributed by atoms with Crippen molar-refractivity contribution in [3.05, 3.63) is 40.1 Å². The lowest BCUT2D eigenvalue weighted by atomic mass is 10.2. The molecule has 0 spiro atoms. The Balaban J connectivity index is 2.33. The summed E-state index contributed by atoms with van der Waals surface area (Å²) in [5.74, 6) is -0.381. The fraction of sp³-hybridized carbons (Fsp3) is 0.222. The summed E-state index contributed by atoms with van der Waals surface area (Å²) in [6.45, 7) is 0. The summed E-state index contributed by atoms with van der Waals surface area (Å²) in [6, 6.07) is 3.01. The van der Waals surface area contributed by atoms with Gasteiger partial charge >= 0.3 is 0 Å². The van der Waals surface area contributed by atoms with Gasteiger partial charge in [-0.1, -0.05) is 0 Å². The SMILES string of the molecule is Cn1ccc(C(O)c2sccc2F)n1. The van der Waals surface area contributed by atoms with Crippen LogP contribution < -0.4 is 0 Å². The average Bonchev–Trinajstić information content (AvgIpc) is 2.73. The molecule has 14 heavy (non-hydrogen) atoms. The van der Waals surface area contributed by atoms with Gasteiger partial charge in [-0.25, -0.2) is 4.39 Å². The normalized spacial score (nSPS) is 13.1. The highest BCUT2D eigenvalue weighted by Crippen LogP contribution is 2.27. The molecule has 0 bridgehead atoms. The number of aliphatic hydroxyl groups is 1. The maximum absolute atomic E-state index is 13.1. The van der Waals surface area contributed by atoms with E-state index in [4.69, 9.17) is 0 Å². The summed E-state index contributed by atoms with van der Waals surface area (Å²) < 4.78 is 14.7. The van der Waals surface area contributed by atoms with Crippen molar-refractivity contribution in [2.24, 2.45) is 7.05 Å². The quantitative estimate of drug-likeness (QED) is 0.822. The van der Waals surface area contributed by atoms with E-state index in [1.54, 1.807) is 29.4 Å². The molecule has 0 saturated carbocycles. The van der Waals surface area contributed by atoms with Crippen molar-refractivity contribution < 1.29 is 9.50 Å². The lowest BCUT2D eigenvalue weighted by Gasteiger charge is -2.04. The fourth-order valence-electron chi connectivity index (χ4n) is 1.21. The Morgan fingerprint density at radius 3 is 2.86 bits per heavy atom. The first-order valence-corrected chi connectivity index (χ1v) is 4.97. The maximum Gasteiger partial charge on any atom is 0.140 e. The molecule has 0 saturated heterocycles. The third-order valence-corrected chi connectivity index (χ3v) is 2.85. The fourth-order valence-corrected chi connectivity index (χ4v) is 1.98. The number of halogens is 1. The molecule has 2 aromatic rings. The second-order valence-corrected chi connectivity index (χ2v) is 3.90. The van der Waals surface area contributed by atoms with Crippen LogP contribution in [0.3, 0.4) is 0 Å². The van der Waals surface area contributed by atoms with Crippen molar-refractivity contribution in [2.75, 3.05) is 0 Å². The van der Waals surface area contributed by atoms with Crippen LogP contribution in [-0.4, -0.2) is 14.9 Å². The number of thiophene rings is 1. The molecule has 74 valence electrons. The smallest absolute Gasteiger partial charge is 0.140 e. The zero-order valence-electron chi connectivity index (χ0n) is 7.51. The Kier molecular flexibility index (Phi) is 2.35. The van der Waals surface area contributed by atoms with Crippen LogP contribution in [0.1, 0.15) is 16.7 Å². The van der Waals surface area contributed by atoms with Gasteiger partial charge in [-0.2, -0.15) is 5.10 Å². The van der Waals surface area contributed by atoms with Gasteiger partial charge in [-0.05, 0) is 17.5 Å². The standard InChI is InChI=1S/C9H9FN2OS/c1-12-4-2-7(11-12)8(13)9-6(10)3-5-14-9/h2-5,8,13H,1H3. The van der Waals surface area contributed by atoms with Crippen molar-refractivity contribution in [1.82, 2.24) is 9.78 Å². The number of aryl methyl sites for hydroxylation is 1. The molecule has 0 radical (unpaired) electrons. The number of hydrogen-bond acceptors (Lipinski definition) is 3. The van der Waals surface area contributed by atoms with Crippen LogP contribution in [0.5, 0.6) is 0 Å². The second-order valence-electron chi connectivity index (χ2n) is 2.95. The molecule has 2 rings (SSSR count). The van der Waals surface area contributed by atoms with Gasteiger partial charge in [0.15, 0.2) is 0 Å². The van der Waals surface area contributed by atoms with E-state index in [0.717, 1.165) is 0 Å². The van der Waals surface area contributed by atoms with E-state index < -0.39 is 6.10 Å². The highest BCUT2D eigenvalue weighted by molar-refractivity contribution is 7.10. The number of rotatable bonds is 2. The van der Waals surface area contributed by atoms with Crippen molar-refractivity contribution >= 4 is 11.3 Å². The van der Waals surface area contributed by atoms with Gasteiger partial charge in [0.25, 0.3) is 0 Å². The van der Waals surface area contributed by atoms with Crippen molar-refractivity contribution in [3.8, 4) is 0 Å². The van der Waals surface area contributed by atoms with Crippen LogP contribution in [0, 0.1) is 5.82 Å². The first kappa shape index (κ1) is 9.36. The van der Waals surface area contributed by atoms with Crippen molar-refractivity contribution in [1.29, 1.82) is 0 Å². The molecule has 0 aliphatic rings. The van der Waals surface area contributed by atoms with E-state index in [0.29, 0.717) is 10.6 Å². The van der Waals surface area contributed by atoms with E-state index in [2.05, 4.69) is 5.10 Å². The van der Waals surface area contributed by atoms with E-state index in [1.165, 1.54) is 17.4 Å². The van der Waals surface area contributed by atoms with Crippen LogP contribution in [-0.2, 0) is 7.05 Å². The minimum Gasteiger partial charge on any atom is -0.381 e.